The first-order chi connectivity index (χ1) is 11.3. The SMILES string of the molecule is COC(=O)Cc1cn(Cc2nccc(OCC(F)(F)F)c2C)nn1. The van der Waals surface area contributed by atoms with Gasteiger partial charge in [0.25, 0.3) is 0 Å². The molecule has 0 spiro atoms. The van der Waals surface area contributed by atoms with Gasteiger partial charge in [0.2, 0.25) is 0 Å². The molecule has 10 heteroatoms. The van der Waals surface area contributed by atoms with E-state index in [1.54, 1.807) is 13.1 Å². The molecule has 0 N–H and O–H groups in total. The van der Waals surface area contributed by atoms with Crippen LogP contribution in [-0.2, 0) is 22.5 Å². The molecule has 2 rings (SSSR count). The Morgan fingerprint density at radius 1 is 1.38 bits per heavy atom. The number of nitrogens with zero attached hydrogens (tertiary/aromatic N) is 4. The molecule has 0 radical (unpaired) electrons. The molecule has 130 valence electrons. The minimum atomic E-state index is -4.41. The van der Waals surface area contributed by atoms with Crippen molar-refractivity contribution in [3.05, 3.63) is 35.4 Å². The topological polar surface area (TPSA) is 79.1 Å². The predicted molar refractivity (Wildman–Crippen MR) is 75.4 cm³/mol. The Bertz CT molecular complexity index is 716. The lowest BCUT2D eigenvalue weighted by Gasteiger charge is -2.13. The standard InChI is InChI=1S/C14H15F3N4O3/c1-9-11(18-4-3-12(9)24-8-14(15,16)17)7-21-6-10(19-20-21)5-13(22)23-2/h3-4,6H,5,7-8H2,1-2H3. The van der Waals surface area contributed by atoms with E-state index in [1.165, 1.54) is 24.1 Å². The number of halogens is 3. The fourth-order valence-corrected chi connectivity index (χ4v) is 1.90. The second-order valence-corrected chi connectivity index (χ2v) is 4.95. The zero-order valence-electron chi connectivity index (χ0n) is 13.0. The van der Waals surface area contributed by atoms with E-state index in [0.717, 1.165) is 0 Å². The third-order valence-electron chi connectivity index (χ3n) is 3.10. The van der Waals surface area contributed by atoms with E-state index < -0.39 is 18.8 Å². The fraction of sp³-hybridized carbons (Fsp3) is 0.429. The smallest absolute Gasteiger partial charge is 0.422 e. The van der Waals surface area contributed by atoms with Crippen LogP contribution < -0.4 is 4.74 Å². The molecule has 0 unspecified atom stereocenters. The van der Waals surface area contributed by atoms with E-state index in [4.69, 9.17) is 4.74 Å². The molecule has 2 aromatic heterocycles. The fourth-order valence-electron chi connectivity index (χ4n) is 1.90. The summed E-state index contributed by atoms with van der Waals surface area (Å²) in [5, 5.41) is 7.68. The zero-order valence-corrected chi connectivity index (χ0v) is 13.0. The summed E-state index contributed by atoms with van der Waals surface area (Å²) in [7, 11) is 1.27. The van der Waals surface area contributed by atoms with Crippen LogP contribution in [0.4, 0.5) is 13.2 Å². The Labute approximate surface area is 135 Å². The summed E-state index contributed by atoms with van der Waals surface area (Å²) in [6, 6.07) is 1.37. The Hall–Kier alpha value is -2.65. The highest BCUT2D eigenvalue weighted by atomic mass is 19.4. The second kappa shape index (κ2) is 7.28. The zero-order chi connectivity index (χ0) is 17.7. The summed E-state index contributed by atoms with van der Waals surface area (Å²) >= 11 is 0. The molecule has 0 amide bonds. The number of methoxy groups -OCH3 is 1. The quantitative estimate of drug-likeness (QED) is 0.742. The summed E-state index contributed by atoms with van der Waals surface area (Å²) in [4.78, 5) is 15.3. The minimum Gasteiger partial charge on any atom is -0.484 e. The molecule has 0 aliphatic heterocycles. The summed E-state index contributed by atoms with van der Waals surface area (Å²) < 4.78 is 47.5. The summed E-state index contributed by atoms with van der Waals surface area (Å²) in [6.07, 6.45) is -1.52. The molecular weight excluding hydrogens is 329 g/mol. The number of alkyl halides is 3. The maximum Gasteiger partial charge on any atom is 0.422 e. The number of esters is 1. The molecule has 0 aliphatic rings. The molecule has 7 nitrogen and oxygen atoms in total. The van der Waals surface area contributed by atoms with Crippen LogP contribution in [0.25, 0.3) is 0 Å². The van der Waals surface area contributed by atoms with E-state index in [-0.39, 0.29) is 18.7 Å². The van der Waals surface area contributed by atoms with Crippen molar-refractivity contribution < 1.29 is 27.4 Å². The van der Waals surface area contributed by atoms with Gasteiger partial charge in [-0.3, -0.25) is 9.78 Å². The molecule has 0 aromatic carbocycles. The van der Waals surface area contributed by atoms with Crippen molar-refractivity contribution in [2.75, 3.05) is 13.7 Å². The van der Waals surface area contributed by atoms with Crippen molar-refractivity contribution in [2.45, 2.75) is 26.1 Å². The molecule has 24 heavy (non-hydrogen) atoms. The first-order valence-corrected chi connectivity index (χ1v) is 6.88. The molecule has 2 aromatic rings. The number of aromatic nitrogens is 4. The lowest BCUT2D eigenvalue weighted by atomic mass is 10.2. The van der Waals surface area contributed by atoms with Crippen molar-refractivity contribution in [3.63, 3.8) is 0 Å². The summed E-state index contributed by atoms with van der Waals surface area (Å²) in [6.45, 7) is 0.424. The summed E-state index contributed by atoms with van der Waals surface area (Å²) in [5.74, 6) is -0.342. The maximum absolute atomic E-state index is 12.3. The van der Waals surface area contributed by atoms with Gasteiger partial charge in [0.05, 0.1) is 31.5 Å². The van der Waals surface area contributed by atoms with Crippen molar-refractivity contribution >= 4 is 5.97 Å². The van der Waals surface area contributed by atoms with Gasteiger partial charge >= 0.3 is 12.1 Å². The molecule has 0 fully saturated rings. The Morgan fingerprint density at radius 2 is 2.12 bits per heavy atom. The minimum absolute atomic E-state index is 0.0162. The second-order valence-electron chi connectivity index (χ2n) is 4.95. The molecular formula is C14H15F3N4O3. The van der Waals surface area contributed by atoms with Crippen LogP contribution >= 0.6 is 0 Å². The average molecular weight is 344 g/mol. The Balaban J connectivity index is 2.08. The van der Waals surface area contributed by atoms with Crippen LogP contribution in [0.2, 0.25) is 0 Å². The lowest BCUT2D eigenvalue weighted by Crippen LogP contribution is -2.20. The Morgan fingerprint density at radius 3 is 2.79 bits per heavy atom. The lowest BCUT2D eigenvalue weighted by molar-refractivity contribution is -0.153. The largest absolute Gasteiger partial charge is 0.484 e. The van der Waals surface area contributed by atoms with Gasteiger partial charge in [0.15, 0.2) is 6.61 Å². The normalized spacial score (nSPS) is 11.4. The number of hydrogen-bond donors (Lipinski definition) is 0. The first kappa shape index (κ1) is 17.7. The van der Waals surface area contributed by atoms with Crippen molar-refractivity contribution in [1.29, 1.82) is 0 Å². The van der Waals surface area contributed by atoms with E-state index in [9.17, 15) is 18.0 Å². The monoisotopic (exact) mass is 344 g/mol. The van der Waals surface area contributed by atoms with E-state index in [2.05, 4.69) is 20.0 Å². The van der Waals surface area contributed by atoms with Gasteiger partial charge in [-0.1, -0.05) is 5.21 Å². The van der Waals surface area contributed by atoms with Crippen LogP contribution in [0.3, 0.4) is 0 Å². The molecule has 0 saturated carbocycles. The van der Waals surface area contributed by atoms with Crippen molar-refractivity contribution in [2.24, 2.45) is 0 Å². The van der Waals surface area contributed by atoms with Crippen molar-refractivity contribution in [1.82, 2.24) is 20.0 Å². The molecule has 0 aliphatic carbocycles. The van der Waals surface area contributed by atoms with Crippen LogP contribution in [0.5, 0.6) is 5.75 Å². The van der Waals surface area contributed by atoms with E-state index in [0.29, 0.717) is 17.0 Å². The van der Waals surface area contributed by atoms with Crippen LogP contribution in [0.1, 0.15) is 17.0 Å². The summed E-state index contributed by atoms with van der Waals surface area (Å²) in [5.41, 5.74) is 1.39. The van der Waals surface area contributed by atoms with Gasteiger partial charge in [-0.25, -0.2) is 4.68 Å². The van der Waals surface area contributed by atoms with E-state index >= 15 is 0 Å². The number of hydrogen-bond acceptors (Lipinski definition) is 6. The van der Waals surface area contributed by atoms with Gasteiger partial charge in [-0.2, -0.15) is 13.2 Å². The average Bonchev–Trinajstić information content (AvgIpc) is 2.94. The maximum atomic E-state index is 12.3. The Kier molecular flexibility index (Phi) is 5.37. The highest BCUT2D eigenvalue weighted by Gasteiger charge is 2.28. The third kappa shape index (κ3) is 4.93. The number of carbonyl (C=O) groups excluding carboxylic acids is 1. The van der Waals surface area contributed by atoms with Gasteiger partial charge in [-0.15, -0.1) is 5.10 Å². The predicted octanol–water partition coefficient (Wildman–Crippen LogP) is 1.69. The number of ether oxygens (including phenoxy) is 2. The molecule has 0 bridgehead atoms. The first-order valence-electron chi connectivity index (χ1n) is 6.88. The highest BCUT2D eigenvalue weighted by molar-refractivity contribution is 5.71. The van der Waals surface area contributed by atoms with Gasteiger partial charge in [-0.05, 0) is 13.0 Å². The number of carbonyl (C=O) groups is 1. The van der Waals surface area contributed by atoms with E-state index in [1.807, 2.05) is 0 Å². The third-order valence-corrected chi connectivity index (χ3v) is 3.10. The molecule has 2 heterocycles. The van der Waals surface area contributed by atoms with Crippen LogP contribution in [-0.4, -0.2) is 45.8 Å². The molecule has 0 saturated heterocycles. The number of rotatable bonds is 6. The molecule has 0 atom stereocenters. The van der Waals surface area contributed by atoms with Gasteiger partial charge in [0, 0.05) is 18.0 Å². The van der Waals surface area contributed by atoms with Crippen LogP contribution in [0.15, 0.2) is 18.5 Å². The van der Waals surface area contributed by atoms with Crippen molar-refractivity contribution in [3.8, 4) is 5.75 Å². The highest BCUT2D eigenvalue weighted by Crippen LogP contribution is 2.23. The van der Waals surface area contributed by atoms with Gasteiger partial charge < -0.3 is 9.47 Å². The number of pyridine rings is 1. The van der Waals surface area contributed by atoms with Gasteiger partial charge in [0.1, 0.15) is 5.75 Å². The van der Waals surface area contributed by atoms with Crippen LogP contribution in [0, 0.1) is 6.92 Å².